The number of allylic oxidation sites excluding steroid dienone is 3. The summed E-state index contributed by atoms with van der Waals surface area (Å²) in [6.07, 6.45) is -3.59. The summed E-state index contributed by atoms with van der Waals surface area (Å²) in [5.74, 6) is -0.439. The molecule has 0 amide bonds. The second-order valence-corrected chi connectivity index (χ2v) is 11.0. The van der Waals surface area contributed by atoms with E-state index in [1.165, 1.54) is 23.1 Å². The maximum absolute atomic E-state index is 14.1. The van der Waals surface area contributed by atoms with Crippen LogP contribution < -0.4 is 15.4 Å². The largest absolute Gasteiger partial charge is 0.488 e. The van der Waals surface area contributed by atoms with Gasteiger partial charge in [-0.1, -0.05) is 36.4 Å². The summed E-state index contributed by atoms with van der Waals surface area (Å²) in [6.45, 7) is 4.09. The second kappa shape index (κ2) is 11.1. The predicted octanol–water partition coefficient (Wildman–Crippen LogP) is 7.97. The van der Waals surface area contributed by atoms with Gasteiger partial charge in [-0.15, -0.1) is 0 Å². The molecule has 0 aromatic heterocycles. The number of hydrogen-bond donors (Lipinski definition) is 1. The van der Waals surface area contributed by atoms with Gasteiger partial charge in [-0.05, 0) is 89.1 Å². The van der Waals surface area contributed by atoms with Crippen molar-refractivity contribution in [3.05, 3.63) is 116 Å². The number of hydrogen-bond acceptors (Lipinski definition) is 5. The molecule has 3 aromatic rings. The Bertz CT molecular complexity index is 1650. The number of carbonyl (C=O) groups is 1. The first-order valence-electron chi connectivity index (χ1n) is 13.1. The molecule has 0 spiro atoms. The molecule has 5 rings (SSSR count). The monoisotopic (exact) mass is 621 g/mol. The van der Waals surface area contributed by atoms with E-state index in [2.05, 4.69) is 22.0 Å². The minimum atomic E-state index is -4.66. The molecule has 1 heterocycles. The Morgan fingerprint density at radius 1 is 1.07 bits per heavy atom. The number of nitrogens with zero attached hydrogens (tertiary/aromatic N) is 2. The Morgan fingerprint density at radius 2 is 1.78 bits per heavy atom. The van der Waals surface area contributed by atoms with Crippen LogP contribution in [0.15, 0.2) is 87.8 Å². The van der Waals surface area contributed by atoms with Crippen molar-refractivity contribution in [2.45, 2.75) is 51.8 Å². The first kappa shape index (κ1) is 28.5. The van der Waals surface area contributed by atoms with Crippen LogP contribution >= 0.6 is 15.9 Å². The summed E-state index contributed by atoms with van der Waals surface area (Å²) in [6, 6.07) is 18.6. The van der Waals surface area contributed by atoms with E-state index in [-0.39, 0.29) is 35.9 Å². The lowest BCUT2D eigenvalue weighted by Crippen LogP contribution is -2.39. The number of nitrogens with two attached hydrogens (primary N) is 1. The summed E-state index contributed by atoms with van der Waals surface area (Å²) >= 11 is 3.49. The van der Waals surface area contributed by atoms with Crippen LogP contribution in [-0.4, -0.2) is 5.78 Å². The molecule has 1 aliphatic heterocycles. The van der Waals surface area contributed by atoms with Crippen LogP contribution in [-0.2, 0) is 17.6 Å². The van der Waals surface area contributed by atoms with Gasteiger partial charge in [-0.2, -0.15) is 18.4 Å². The number of anilines is 1. The zero-order valence-corrected chi connectivity index (χ0v) is 24.1. The Labute approximate surface area is 244 Å². The highest BCUT2D eigenvalue weighted by molar-refractivity contribution is 9.10. The van der Waals surface area contributed by atoms with Crippen molar-refractivity contribution in [1.29, 1.82) is 5.26 Å². The van der Waals surface area contributed by atoms with Crippen LogP contribution in [0, 0.1) is 25.2 Å². The van der Waals surface area contributed by atoms with Crippen molar-refractivity contribution < 1.29 is 22.7 Å². The predicted molar refractivity (Wildman–Crippen MR) is 154 cm³/mol. The van der Waals surface area contributed by atoms with Gasteiger partial charge in [0.15, 0.2) is 5.78 Å². The maximum atomic E-state index is 14.1. The van der Waals surface area contributed by atoms with Gasteiger partial charge in [0.1, 0.15) is 18.2 Å². The first-order valence-corrected chi connectivity index (χ1v) is 13.9. The van der Waals surface area contributed by atoms with Gasteiger partial charge in [0.05, 0.1) is 33.3 Å². The summed E-state index contributed by atoms with van der Waals surface area (Å²) in [7, 11) is 0. The third-order valence-electron chi connectivity index (χ3n) is 7.62. The van der Waals surface area contributed by atoms with E-state index >= 15 is 0 Å². The molecule has 0 saturated heterocycles. The van der Waals surface area contributed by atoms with Gasteiger partial charge >= 0.3 is 6.18 Å². The van der Waals surface area contributed by atoms with Crippen LogP contribution in [0.3, 0.4) is 0 Å². The minimum absolute atomic E-state index is 0.0422. The molecular formula is C32H27BrF3N3O2. The van der Waals surface area contributed by atoms with Gasteiger partial charge in [0, 0.05) is 17.7 Å². The Morgan fingerprint density at radius 3 is 2.49 bits per heavy atom. The van der Waals surface area contributed by atoms with E-state index in [4.69, 9.17) is 10.5 Å². The number of ether oxygens (including phenoxy) is 1. The van der Waals surface area contributed by atoms with Crippen molar-refractivity contribution in [3.63, 3.8) is 0 Å². The van der Waals surface area contributed by atoms with Crippen molar-refractivity contribution in [2.24, 2.45) is 5.73 Å². The van der Waals surface area contributed by atoms with Crippen LogP contribution in [0.25, 0.3) is 0 Å². The molecule has 3 aromatic carbocycles. The number of carbonyl (C=O) groups excluding carboxylic acids is 1. The highest BCUT2D eigenvalue weighted by Crippen LogP contribution is 2.49. The highest BCUT2D eigenvalue weighted by atomic mass is 79.9. The van der Waals surface area contributed by atoms with Crippen LogP contribution in [0.4, 0.5) is 18.9 Å². The van der Waals surface area contributed by atoms with E-state index < -0.39 is 17.7 Å². The van der Waals surface area contributed by atoms with Gasteiger partial charge < -0.3 is 10.5 Å². The number of halogens is 4. The van der Waals surface area contributed by atoms with Crippen molar-refractivity contribution in [1.82, 2.24) is 0 Å². The molecule has 0 saturated carbocycles. The fraction of sp³-hybridized carbons (Fsp3) is 0.250. The molecule has 1 unspecified atom stereocenters. The molecule has 210 valence electrons. The summed E-state index contributed by atoms with van der Waals surface area (Å²) in [4.78, 5) is 14.8. The second-order valence-electron chi connectivity index (χ2n) is 10.2. The first-order chi connectivity index (χ1) is 19.5. The van der Waals surface area contributed by atoms with Crippen molar-refractivity contribution >= 4 is 27.4 Å². The fourth-order valence-electron chi connectivity index (χ4n) is 5.68. The molecule has 9 heteroatoms. The minimum Gasteiger partial charge on any atom is -0.488 e. The van der Waals surface area contributed by atoms with Crippen molar-refractivity contribution in [2.75, 3.05) is 4.90 Å². The Kier molecular flexibility index (Phi) is 7.71. The molecule has 1 atom stereocenters. The topological polar surface area (TPSA) is 79.4 Å². The smallest absolute Gasteiger partial charge is 0.418 e. The van der Waals surface area contributed by atoms with E-state index in [9.17, 15) is 23.2 Å². The number of nitriles is 1. The van der Waals surface area contributed by atoms with Crippen LogP contribution in [0.1, 0.15) is 53.0 Å². The number of alkyl halides is 3. The number of rotatable bonds is 5. The average Bonchev–Trinajstić information content (AvgIpc) is 2.93. The lowest BCUT2D eigenvalue weighted by atomic mass is 9.74. The summed E-state index contributed by atoms with van der Waals surface area (Å²) in [5.41, 5.74) is 9.62. The van der Waals surface area contributed by atoms with E-state index in [1.54, 1.807) is 0 Å². The molecule has 0 fully saturated rings. The molecule has 0 bridgehead atoms. The van der Waals surface area contributed by atoms with Crippen LogP contribution in [0.2, 0.25) is 0 Å². The van der Waals surface area contributed by atoms with E-state index in [1.807, 2.05) is 50.2 Å². The molecule has 2 aliphatic rings. The van der Waals surface area contributed by atoms with Gasteiger partial charge in [0.2, 0.25) is 0 Å². The molecule has 5 nitrogen and oxygen atoms in total. The fourth-order valence-corrected chi connectivity index (χ4v) is 6.08. The number of Topliss-reactive ketones (excluding diaryl/α,β-unsaturated/α-hetero) is 1. The third-order valence-corrected chi connectivity index (χ3v) is 8.27. The summed E-state index contributed by atoms with van der Waals surface area (Å²) < 4.78 is 49.1. The van der Waals surface area contributed by atoms with Gasteiger partial charge in [0.25, 0.3) is 0 Å². The van der Waals surface area contributed by atoms with E-state index in [0.717, 1.165) is 27.2 Å². The molecular weight excluding hydrogens is 595 g/mol. The molecule has 41 heavy (non-hydrogen) atoms. The lowest BCUT2D eigenvalue weighted by Gasteiger charge is -2.40. The van der Waals surface area contributed by atoms with Crippen molar-refractivity contribution in [3.8, 4) is 11.8 Å². The molecule has 1 aliphatic carbocycles. The number of ketones is 1. The normalized spacial score (nSPS) is 17.4. The standard InChI is InChI=1S/C32H27BrF3N3O2/c1-18-14-19(2)21(15-20(18)17-41-28-13-6-4-9-24(28)33)29-22(16-37)31(38)39(26-11-7-12-27(40)30(26)29)25-10-5-3-8-23(25)32(34,35)36/h3-6,8-10,13-15,29H,7,11-12,17,38H2,1-2H3. The number of para-hydroxylation sites is 2. The maximum Gasteiger partial charge on any atom is 0.418 e. The van der Waals surface area contributed by atoms with E-state index in [0.29, 0.717) is 35.4 Å². The number of aryl methyl sites for hydroxylation is 2. The summed E-state index contributed by atoms with van der Waals surface area (Å²) in [5, 5.41) is 10.4. The number of benzene rings is 3. The Hall–Kier alpha value is -4.03. The van der Waals surface area contributed by atoms with Gasteiger partial charge in [-0.3, -0.25) is 9.69 Å². The molecule has 0 radical (unpaired) electrons. The van der Waals surface area contributed by atoms with Crippen LogP contribution in [0.5, 0.6) is 5.75 Å². The zero-order chi connectivity index (χ0) is 29.5. The lowest BCUT2D eigenvalue weighted by molar-refractivity contribution is -0.137. The van der Waals surface area contributed by atoms with Gasteiger partial charge in [-0.25, -0.2) is 0 Å². The third kappa shape index (κ3) is 5.24. The quantitative estimate of drug-likeness (QED) is 0.312. The molecule has 2 N–H and O–H groups in total. The SMILES string of the molecule is Cc1cc(C)c(C2C(C#N)=C(N)N(c3ccccc3C(F)(F)F)C3=C2C(=O)CCC3)cc1COc1ccccc1Br. The zero-order valence-electron chi connectivity index (χ0n) is 22.5. The average molecular weight is 622 g/mol. The Balaban J connectivity index is 1.67. The highest BCUT2D eigenvalue weighted by Gasteiger charge is 2.43.